The summed E-state index contributed by atoms with van der Waals surface area (Å²) < 4.78 is 4.98. The Balaban J connectivity index is 2.30. The number of amides is 2. The minimum Gasteiger partial charge on any atom is -0.481 e. The van der Waals surface area contributed by atoms with Crippen LogP contribution in [0.25, 0.3) is 0 Å². The molecule has 2 amide bonds. The Bertz CT molecular complexity index is 292. The van der Waals surface area contributed by atoms with Gasteiger partial charge in [0, 0.05) is 32.7 Å². The zero-order chi connectivity index (χ0) is 13.5. The summed E-state index contributed by atoms with van der Waals surface area (Å²) in [5, 5.41) is 11.4. The molecule has 0 saturated heterocycles. The van der Waals surface area contributed by atoms with E-state index >= 15 is 0 Å². The van der Waals surface area contributed by atoms with Crippen LogP contribution in [0.3, 0.4) is 0 Å². The van der Waals surface area contributed by atoms with Crippen LogP contribution in [0, 0.1) is 5.92 Å². The maximum Gasteiger partial charge on any atom is 0.317 e. The van der Waals surface area contributed by atoms with Gasteiger partial charge in [0.05, 0.1) is 6.61 Å². The molecule has 1 saturated carbocycles. The molecule has 18 heavy (non-hydrogen) atoms. The smallest absolute Gasteiger partial charge is 0.317 e. The average molecular weight is 258 g/mol. The highest BCUT2D eigenvalue weighted by Gasteiger charge is 2.32. The maximum absolute atomic E-state index is 11.9. The number of carbonyl (C=O) groups excluding carboxylic acids is 1. The summed E-state index contributed by atoms with van der Waals surface area (Å²) >= 11 is 0. The number of carbonyl (C=O) groups is 2. The second kappa shape index (κ2) is 7.20. The van der Waals surface area contributed by atoms with Crippen molar-refractivity contribution in [1.82, 2.24) is 10.2 Å². The number of urea groups is 1. The molecule has 6 nitrogen and oxygen atoms in total. The fourth-order valence-electron chi connectivity index (χ4n) is 1.76. The number of nitrogens with one attached hydrogen (secondary N) is 1. The molecular weight excluding hydrogens is 236 g/mol. The normalized spacial score (nSPS) is 16.1. The average Bonchev–Trinajstić information content (AvgIpc) is 3.10. The Kier molecular flexibility index (Phi) is 5.91. The SMILES string of the molecule is COCCN(C(=O)NCC(C)CC(=O)O)C1CC1. The largest absolute Gasteiger partial charge is 0.481 e. The number of rotatable bonds is 8. The van der Waals surface area contributed by atoms with Gasteiger partial charge in [-0.3, -0.25) is 4.79 Å². The van der Waals surface area contributed by atoms with Crippen LogP contribution in [0.15, 0.2) is 0 Å². The monoisotopic (exact) mass is 258 g/mol. The lowest BCUT2D eigenvalue weighted by Gasteiger charge is -2.23. The van der Waals surface area contributed by atoms with Crippen LogP contribution in [0.5, 0.6) is 0 Å². The van der Waals surface area contributed by atoms with E-state index in [2.05, 4.69) is 5.32 Å². The summed E-state index contributed by atoms with van der Waals surface area (Å²) in [4.78, 5) is 24.2. The van der Waals surface area contributed by atoms with Crippen molar-refractivity contribution in [2.24, 2.45) is 5.92 Å². The zero-order valence-corrected chi connectivity index (χ0v) is 11.0. The molecule has 2 N–H and O–H groups in total. The number of carboxylic acid groups (broad SMARTS) is 1. The highest BCUT2D eigenvalue weighted by molar-refractivity contribution is 5.75. The molecule has 0 heterocycles. The molecule has 104 valence electrons. The van der Waals surface area contributed by atoms with Gasteiger partial charge in [-0.15, -0.1) is 0 Å². The molecule has 0 bridgehead atoms. The highest BCUT2D eigenvalue weighted by Crippen LogP contribution is 2.26. The van der Waals surface area contributed by atoms with Crippen molar-refractivity contribution in [2.45, 2.75) is 32.2 Å². The summed E-state index contributed by atoms with van der Waals surface area (Å²) in [6.07, 6.45) is 2.16. The molecule has 1 aliphatic rings. The molecule has 6 heteroatoms. The zero-order valence-electron chi connectivity index (χ0n) is 11.0. The van der Waals surface area contributed by atoms with Gasteiger partial charge in [-0.25, -0.2) is 4.79 Å². The van der Waals surface area contributed by atoms with E-state index in [-0.39, 0.29) is 18.4 Å². The minimum absolute atomic E-state index is 0.0603. The molecule has 1 fully saturated rings. The molecule has 0 aromatic rings. The minimum atomic E-state index is -0.838. The van der Waals surface area contributed by atoms with Crippen LogP contribution in [-0.2, 0) is 9.53 Å². The van der Waals surface area contributed by atoms with Crippen LogP contribution in [0.2, 0.25) is 0 Å². The van der Waals surface area contributed by atoms with Crippen LogP contribution in [0.1, 0.15) is 26.2 Å². The summed E-state index contributed by atoms with van der Waals surface area (Å²) in [6, 6.07) is 0.210. The number of carboxylic acids is 1. The van der Waals surface area contributed by atoms with E-state index < -0.39 is 5.97 Å². The van der Waals surface area contributed by atoms with Gasteiger partial charge in [0.1, 0.15) is 0 Å². The molecule has 0 aromatic heterocycles. The first-order valence-electron chi connectivity index (χ1n) is 6.29. The Hall–Kier alpha value is -1.30. The van der Waals surface area contributed by atoms with Crippen molar-refractivity contribution >= 4 is 12.0 Å². The van der Waals surface area contributed by atoms with Gasteiger partial charge in [0.2, 0.25) is 0 Å². The fourth-order valence-corrected chi connectivity index (χ4v) is 1.76. The molecule has 0 spiro atoms. The molecule has 1 unspecified atom stereocenters. The van der Waals surface area contributed by atoms with Crippen molar-refractivity contribution in [3.63, 3.8) is 0 Å². The molecule has 0 radical (unpaired) electrons. The summed E-state index contributed by atoms with van der Waals surface area (Å²) in [7, 11) is 1.61. The van der Waals surface area contributed by atoms with E-state index in [1.165, 1.54) is 0 Å². The Morgan fingerprint density at radius 3 is 2.67 bits per heavy atom. The summed E-state index contributed by atoms with van der Waals surface area (Å²) in [5.41, 5.74) is 0. The molecule has 1 rings (SSSR count). The van der Waals surface area contributed by atoms with Crippen molar-refractivity contribution in [2.75, 3.05) is 26.8 Å². The van der Waals surface area contributed by atoms with Gasteiger partial charge in [-0.2, -0.15) is 0 Å². The standard InChI is InChI=1S/C12H22N2O4/c1-9(7-11(15)16)8-13-12(17)14(5-6-18-2)10-3-4-10/h9-10H,3-8H2,1-2H3,(H,13,17)(H,15,16). The quantitative estimate of drug-likeness (QED) is 0.678. The lowest BCUT2D eigenvalue weighted by molar-refractivity contribution is -0.137. The molecule has 0 aromatic carbocycles. The Morgan fingerprint density at radius 1 is 1.50 bits per heavy atom. The van der Waals surface area contributed by atoms with E-state index in [1.807, 2.05) is 6.92 Å². The van der Waals surface area contributed by atoms with Gasteiger partial charge < -0.3 is 20.1 Å². The van der Waals surface area contributed by atoms with Crippen LogP contribution >= 0.6 is 0 Å². The third-order valence-corrected chi connectivity index (χ3v) is 2.91. The number of methoxy groups -OCH3 is 1. The molecular formula is C12H22N2O4. The summed E-state index contributed by atoms with van der Waals surface area (Å²) in [6.45, 7) is 3.31. The number of aliphatic carboxylic acids is 1. The molecule has 1 aliphatic carbocycles. The van der Waals surface area contributed by atoms with E-state index in [1.54, 1.807) is 12.0 Å². The predicted molar refractivity (Wildman–Crippen MR) is 66.4 cm³/mol. The van der Waals surface area contributed by atoms with E-state index in [0.717, 1.165) is 12.8 Å². The number of hydrogen-bond acceptors (Lipinski definition) is 3. The van der Waals surface area contributed by atoms with E-state index in [4.69, 9.17) is 9.84 Å². The third kappa shape index (κ3) is 5.35. The van der Waals surface area contributed by atoms with Crippen LogP contribution in [-0.4, -0.2) is 54.9 Å². The first kappa shape index (κ1) is 14.8. The highest BCUT2D eigenvalue weighted by atomic mass is 16.5. The Labute approximate surface area is 107 Å². The predicted octanol–water partition coefficient (Wildman–Crippen LogP) is 0.918. The van der Waals surface area contributed by atoms with Gasteiger partial charge >= 0.3 is 12.0 Å². The van der Waals surface area contributed by atoms with Crippen molar-refractivity contribution in [3.05, 3.63) is 0 Å². The van der Waals surface area contributed by atoms with E-state index in [0.29, 0.717) is 25.7 Å². The van der Waals surface area contributed by atoms with E-state index in [9.17, 15) is 9.59 Å². The first-order chi connectivity index (χ1) is 8.54. The second-order valence-corrected chi connectivity index (χ2v) is 4.81. The molecule has 0 aliphatic heterocycles. The second-order valence-electron chi connectivity index (χ2n) is 4.81. The third-order valence-electron chi connectivity index (χ3n) is 2.91. The van der Waals surface area contributed by atoms with Gasteiger partial charge in [-0.1, -0.05) is 6.92 Å². The topological polar surface area (TPSA) is 78.9 Å². The number of ether oxygens (including phenoxy) is 1. The molecule has 1 atom stereocenters. The summed E-state index contributed by atoms with van der Waals surface area (Å²) in [5.74, 6) is -0.898. The lowest BCUT2D eigenvalue weighted by Crippen LogP contribution is -2.44. The van der Waals surface area contributed by atoms with Gasteiger partial charge in [-0.05, 0) is 18.8 Å². The number of nitrogens with zero attached hydrogens (tertiary/aromatic N) is 1. The van der Waals surface area contributed by atoms with Crippen molar-refractivity contribution in [3.8, 4) is 0 Å². The number of hydrogen-bond donors (Lipinski definition) is 2. The lowest BCUT2D eigenvalue weighted by atomic mass is 10.1. The van der Waals surface area contributed by atoms with Crippen LogP contribution < -0.4 is 5.32 Å². The maximum atomic E-state index is 11.9. The van der Waals surface area contributed by atoms with Crippen LogP contribution in [0.4, 0.5) is 4.79 Å². The van der Waals surface area contributed by atoms with Crippen molar-refractivity contribution in [1.29, 1.82) is 0 Å². The Morgan fingerprint density at radius 2 is 2.17 bits per heavy atom. The van der Waals surface area contributed by atoms with Gasteiger partial charge in [0.25, 0.3) is 0 Å². The fraction of sp³-hybridized carbons (Fsp3) is 0.833. The first-order valence-corrected chi connectivity index (χ1v) is 6.29. The van der Waals surface area contributed by atoms with Crippen molar-refractivity contribution < 1.29 is 19.4 Å². The van der Waals surface area contributed by atoms with Gasteiger partial charge in [0.15, 0.2) is 0 Å².